The lowest BCUT2D eigenvalue weighted by Crippen LogP contribution is -2.30. The molecule has 2 aromatic carbocycles. The molecule has 2 fully saturated rings. The summed E-state index contributed by atoms with van der Waals surface area (Å²) in [6.45, 7) is 7.01. The first-order valence-electron chi connectivity index (χ1n) is 15.7. The van der Waals surface area contributed by atoms with Crippen LogP contribution in [0.1, 0.15) is 97.8 Å². The van der Waals surface area contributed by atoms with E-state index in [1.54, 1.807) is 36.4 Å². The molecular formula is C34H48N2O4. The lowest BCUT2D eigenvalue weighted by atomic mass is 10.00. The second-order valence-electron chi connectivity index (χ2n) is 11.3. The van der Waals surface area contributed by atoms with Crippen molar-refractivity contribution in [2.24, 2.45) is 0 Å². The average Bonchev–Trinajstić information content (AvgIpc) is 3.21. The Kier molecular flexibility index (Phi) is 13.0. The van der Waals surface area contributed by atoms with E-state index in [2.05, 4.69) is 9.80 Å². The van der Waals surface area contributed by atoms with Crippen LogP contribution in [0.4, 0.5) is 0 Å². The van der Waals surface area contributed by atoms with Crippen LogP contribution in [0.2, 0.25) is 0 Å². The van der Waals surface area contributed by atoms with Gasteiger partial charge >= 0.3 is 0 Å². The van der Waals surface area contributed by atoms with Crippen molar-refractivity contribution in [1.29, 1.82) is 0 Å². The van der Waals surface area contributed by atoms with Gasteiger partial charge in [0.05, 0.1) is 11.1 Å². The molecule has 6 heteroatoms. The number of Topliss-reactive ketones (excluding diaryl/α,β-unsaturated/α-hetero) is 2. The molecule has 0 aromatic heterocycles. The first-order valence-corrected chi connectivity index (χ1v) is 15.7. The van der Waals surface area contributed by atoms with Gasteiger partial charge < -0.3 is 9.47 Å². The number of ether oxygens (including phenoxy) is 2. The van der Waals surface area contributed by atoms with E-state index in [0.717, 1.165) is 39.3 Å². The van der Waals surface area contributed by atoms with E-state index in [0.29, 0.717) is 35.8 Å². The first kappa shape index (κ1) is 30.3. The number of nitrogens with zero attached hydrogens (tertiary/aromatic N) is 2. The molecule has 6 nitrogen and oxygen atoms in total. The number of ketones is 2. The summed E-state index contributed by atoms with van der Waals surface area (Å²) in [6.07, 6.45) is 15.4. The Labute approximate surface area is 241 Å². The van der Waals surface area contributed by atoms with Gasteiger partial charge in [0.1, 0.15) is 24.7 Å². The van der Waals surface area contributed by atoms with Crippen LogP contribution in [-0.4, -0.2) is 73.8 Å². The summed E-state index contributed by atoms with van der Waals surface area (Å²) in [7, 11) is 0. The number of para-hydroxylation sites is 2. The molecule has 2 saturated heterocycles. The highest BCUT2D eigenvalue weighted by Gasteiger charge is 2.25. The Balaban J connectivity index is 1.34. The van der Waals surface area contributed by atoms with Gasteiger partial charge in [-0.3, -0.25) is 19.4 Å². The molecule has 2 aromatic rings. The van der Waals surface area contributed by atoms with Crippen molar-refractivity contribution in [2.45, 2.75) is 77.0 Å². The molecule has 0 N–H and O–H groups in total. The lowest BCUT2D eigenvalue weighted by molar-refractivity contribution is 0.0811. The maximum absolute atomic E-state index is 13.4. The zero-order valence-electron chi connectivity index (χ0n) is 24.3. The number of hydrogen-bond acceptors (Lipinski definition) is 6. The smallest absolute Gasteiger partial charge is 0.237 e. The van der Waals surface area contributed by atoms with E-state index >= 15 is 0 Å². The minimum Gasteiger partial charge on any atom is -0.491 e. The summed E-state index contributed by atoms with van der Waals surface area (Å²) in [5.74, 6) is -0.183. The van der Waals surface area contributed by atoms with Gasteiger partial charge in [-0.2, -0.15) is 0 Å². The first-order chi connectivity index (χ1) is 19.7. The predicted molar refractivity (Wildman–Crippen MR) is 161 cm³/mol. The van der Waals surface area contributed by atoms with Gasteiger partial charge in [0, 0.05) is 13.1 Å². The number of rotatable bonds is 11. The summed E-state index contributed by atoms with van der Waals surface area (Å²) in [5, 5.41) is 0. The van der Waals surface area contributed by atoms with Crippen molar-refractivity contribution in [1.82, 2.24) is 9.80 Å². The third-order valence-electron chi connectivity index (χ3n) is 8.20. The van der Waals surface area contributed by atoms with Crippen molar-refractivity contribution in [2.75, 3.05) is 52.5 Å². The molecule has 0 spiro atoms. The van der Waals surface area contributed by atoms with E-state index in [1.807, 2.05) is 12.1 Å². The molecule has 2 heterocycles. The quantitative estimate of drug-likeness (QED) is 0.227. The third kappa shape index (κ3) is 9.74. The van der Waals surface area contributed by atoms with Gasteiger partial charge in [0.25, 0.3) is 0 Å². The fourth-order valence-corrected chi connectivity index (χ4v) is 5.80. The Morgan fingerprint density at radius 2 is 0.825 bits per heavy atom. The number of hydrogen-bond donors (Lipinski definition) is 0. The van der Waals surface area contributed by atoms with Crippen LogP contribution in [0, 0.1) is 0 Å². The third-order valence-corrected chi connectivity index (χ3v) is 8.20. The Hall–Kier alpha value is -2.70. The van der Waals surface area contributed by atoms with Crippen LogP contribution in [0.3, 0.4) is 0 Å². The van der Waals surface area contributed by atoms with Gasteiger partial charge in [-0.25, -0.2) is 0 Å². The Bertz CT molecular complexity index is 952. The molecule has 2 aliphatic heterocycles. The van der Waals surface area contributed by atoms with Gasteiger partial charge in [-0.05, 0) is 76.1 Å². The number of carbonyl (C=O) groups excluding carboxylic acids is 2. The number of benzene rings is 2. The van der Waals surface area contributed by atoms with Crippen molar-refractivity contribution < 1.29 is 19.1 Å². The van der Waals surface area contributed by atoms with E-state index in [9.17, 15) is 9.59 Å². The van der Waals surface area contributed by atoms with Crippen LogP contribution in [0.15, 0.2) is 48.5 Å². The molecule has 0 bridgehead atoms. The summed E-state index contributed by atoms with van der Waals surface area (Å²) in [6, 6.07) is 14.2. The van der Waals surface area contributed by atoms with Gasteiger partial charge in [-0.1, -0.05) is 75.6 Å². The van der Waals surface area contributed by atoms with Crippen LogP contribution in [0.25, 0.3) is 0 Å². The van der Waals surface area contributed by atoms with Crippen molar-refractivity contribution >= 4 is 11.6 Å². The van der Waals surface area contributed by atoms with Crippen LogP contribution < -0.4 is 9.47 Å². The molecule has 0 radical (unpaired) electrons. The van der Waals surface area contributed by atoms with Crippen LogP contribution in [0.5, 0.6) is 11.5 Å². The summed E-state index contributed by atoms with van der Waals surface area (Å²) in [4.78, 5) is 31.8. The maximum Gasteiger partial charge on any atom is 0.237 e. The molecule has 40 heavy (non-hydrogen) atoms. The van der Waals surface area contributed by atoms with E-state index in [-0.39, 0.29) is 0 Å². The van der Waals surface area contributed by atoms with E-state index in [1.165, 1.54) is 77.0 Å². The van der Waals surface area contributed by atoms with Crippen molar-refractivity contribution in [3.05, 3.63) is 59.7 Å². The largest absolute Gasteiger partial charge is 0.491 e. The minimum absolute atomic E-state index is 0.309. The molecule has 0 unspecified atom stereocenters. The van der Waals surface area contributed by atoms with Gasteiger partial charge in [0.2, 0.25) is 11.6 Å². The Morgan fingerprint density at radius 1 is 0.500 bits per heavy atom. The molecular weight excluding hydrogens is 500 g/mol. The van der Waals surface area contributed by atoms with Gasteiger partial charge in [0.15, 0.2) is 0 Å². The summed E-state index contributed by atoms with van der Waals surface area (Å²) >= 11 is 0. The van der Waals surface area contributed by atoms with Crippen LogP contribution in [-0.2, 0) is 0 Å². The zero-order chi connectivity index (χ0) is 27.8. The molecule has 218 valence electrons. The maximum atomic E-state index is 13.4. The molecule has 4 rings (SSSR count). The van der Waals surface area contributed by atoms with Crippen LogP contribution >= 0.6 is 0 Å². The monoisotopic (exact) mass is 548 g/mol. The highest BCUT2D eigenvalue weighted by atomic mass is 16.5. The lowest BCUT2D eigenvalue weighted by Gasteiger charge is -2.22. The summed E-state index contributed by atoms with van der Waals surface area (Å²) < 4.78 is 12.2. The van der Waals surface area contributed by atoms with Crippen molar-refractivity contribution in [3.63, 3.8) is 0 Å². The van der Waals surface area contributed by atoms with Crippen molar-refractivity contribution in [3.8, 4) is 11.5 Å². The molecule has 0 amide bonds. The SMILES string of the molecule is O=C(C(=O)c1ccccc1OCCN1CCCCCCCC1)c1ccccc1OCCN1CCCCCCCC1. The normalized spacial score (nSPS) is 18.3. The Morgan fingerprint density at radius 3 is 1.20 bits per heavy atom. The fourth-order valence-electron chi connectivity index (χ4n) is 5.80. The topological polar surface area (TPSA) is 59.1 Å². The van der Waals surface area contributed by atoms with E-state index < -0.39 is 11.6 Å². The average molecular weight is 549 g/mol. The second kappa shape index (κ2) is 17.2. The van der Waals surface area contributed by atoms with Gasteiger partial charge in [-0.15, -0.1) is 0 Å². The molecule has 0 aliphatic carbocycles. The van der Waals surface area contributed by atoms with E-state index in [4.69, 9.17) is 9.47 Å². The highest BCUT2D eigenvalue weighted by molar-refractivity contribution is 6.50. The standard InChI is InChI=1S/C34H48N2O4/c37-33(29-17-9-11-19-31(29)39-27-25-35-21-13-5-1-2-6-14-22-35)34(38)30-18-10-12-20-32(30)40-28-26-36-23-15-7-3-4-8-16-24-36/h9-12,17-20H,1-8,13-16,21-28H2. The molecule has 0 saturated carbocycles. The summed E-state index contributed by atoms with van der Waals surface area (Å²) in [5.41, 5.74) is 0.618. The molecule has 2 aliphatic rings. The second-order valence-corrected chi connectivity index (χ2v) is 11.3. The molecule has 0 atom stereocenters. The minimum atomic E-state index is -0.561. The fraction of sp³-hybridized carbons (Fsp3) is 0.588. The number of carbonyl (C=O) groups is 2. The predicted octanol–water partition coefficient (Wildman–Crippen LogP) is 6.82. The zero-order valence-corrected chi connectivity index (χ0v) is 24.3. The highest BCUT2D eigenvalue weighted by Crippen LogP contribution is 2.25.